The molecule has 5 rings (SSSR count). The molecule has 0 spiro atoms. The molecule has 152 valence electrons. The van der Waals surface area contributed by atoms with Crippen LogP contribution < -0.4 is 0 Å². The summed E-state index contributed by atoms with van der Waals surface area (Å²) in [6.07, 6.45) is 6.92. The Morgan fingerprint density at radius 2 is 1.60 bits per heavy atom. The topological polar surface area (TPSA) is 80.5 Å². The van der Waals surface area contributed by atoms with Crippen molar-refractivity contribution in [1.82, 2.24) is 23.9 Å². The monoisotopic (exact) mass is 419 g/mol. The van der Waals surface area contributed by atoms with Gasteiger partial charge in [-0.05, 0) is 54.8 Å². The van der Waals surface area contributed by atoms with Crippen molar-refractivity contribution < 1.29 is 8.42 Å². The second-order valence-electron chi connectivity index (χ2n) is 7.42. The Kier molecular flexibility index (Phi) is 4.80. The van der Waals surface area contributed by atoms with E-state index in [9.17, 15) is 8.42 Å². The summed E-state index contributed by atoms with van der Waals surface area (Å²) in [5.41, 5.74) is 2.91. The lowest BCUT2D eigenvalue weighted by Crippen LogP contribution is -2.38. The Morgan fingerprint density at radius 3 is 2.33 bits per heavy atom. The molecule has 0 unspecified atom stereocenters. The van der Waals surface area contributed by atoms with Crippen LogP contribution >= 0.6 is 0 Å². The molecular weight excluding hydrogens is 398 g/mol. The van der Waals surface area contributed by atoms with Gasteiger partial charge in [0.25, 0.3) is 0 Å². The standard InChI is InChI=1S/C22H21N5O2S/c28-30(29,20-4-2-1-3-5-20)26-14-10-18(11-15-26)22-24-21-7-6-19(16-27(21)25-22)17-8-12-23-13-9-17/h1-9,12-13,16,18H,10-11,14-15H2. The zero-order chi connectivity index (χ0) is 20.6. The molecule has 1 aliphatic heterocycles. The predicted octanol–water partition coefficient (Wildman–Crippen LogP) is 3.36. The number of hydrogen-bond donors (Lipinski definition) is 0. The molecule has 1 saturated heterocycles. The average Bonchev–Trinajstić information content (AvgIpc) is 3.24. The van der Waals surface area contributed by atoms with E-state index in [1.54, 1.807) is 45.5 Å². The molecule has 0 bridgehead atoms. The second kappa shape index (κ2) is 7.62. The van der Waals surface area contributed by atoms with E-state index in [1.165, 1.54) is 0 Å². The van der Waals surface area contributed by atoms with Gasteiger partial charge < -0.3 is 0 Å². The molecule has 1 fully saturated rings. The van der Waals surface area contributed by atoms with E-state index in [0.717, 1.165) is 22.6 Å². The Bertz CT molecular complexity index is 1260. The van der Waals surface area contributed by atoms with Crippen LogP contribution in [-0.4, -0.2) is 45.4 Å². The number of pyridine rings is 2. The predicted molar refractivity (Wildman–Crippen MR) is 113 cm³/mol. The van der Waals surface area contributed by atoms with Crippen molar-refractivity contribution >= 4 is 15.7 Å². The molecule has 1 aliphatic rings. The van der Waals surface area contributed by atoms with Gasteiger partial charge in [0.1, 0.15) is 0 Å². The van der Waals surface area contributed by atoms with Gasteiger partial charge in [0.15, 0.2) is 11.5 Å². The summed E-state index contributed by atoms with van der Waals surface area (Å²) in [7, 11) is -3.45. The summed E-state index contributed by atoms with van der Waals surface area (Å²) in [5, 5.41) is 4.69. The van der Waals surface area contributed by atoms with E-state index in [-0.39, 0.29) is 5.92 Å². The summed E-state index contributed by atoms with van der Waals surface area (Å²) in [4.78, 5) is 9.09. The fourth-order valence-electron chi connectivity index (χ4n) is 3.88. The second-order valence-corrected chi connectivity index (χ2v) is 9.36. The minimum Gasteiger partial charge on any atom is -0.265 e. The first-order chi connectivity index (χ1) is 14.6. The Hall–Kier alpha value is -3.10. The molecule has 4 aromatic rings. The first-order valence-electron chi connectivity index (χ1n) is 9.93. The molecule has 4 heterocycles. The van der Waals surface area contributed by atoms with Gasteiger partial charge in [0.2, 0.25) is 10.0 Å². The fraction of sp³-hybridized carbons (Fsp3) is 0.227. The lowest BCUT2D eigenvalue weighted by molar-refractivity contribution is 0.313. The molecule has 0 N–H and O–H groups in total. The van der Waals surface area contributed by atoms with Crippen molar-refractivity contribution in [2.45, 2.75) is 23.7 Å². The Balaban J connectivity index is 1.34. The highest BCUT2D eigenvalue weighted by atomic mass is 32.2. The van der Waals surface area contributed by atoms with Crippen LogP contribution in [0.5, 0.6) is 0 Å². The number of piperidine rings is 1. The minimum atomic E-state index is -3.45. The van der Waals surface area contributed by atoms with Crippen molar-refractivity contribution in [2.75, 3.05) is 13.1 Å². The average molecular weight is 420 g/mol. The van der Waals surface area contributed by atoms with Gasteiger partial charge in [0.05, 0.1) is 4.90 Å². The number of aromatic nitrogens is 4. The lowest BCUT2D eigenvalue weighted by atomic mass is 9.98. The van der Waals surface area contributed by atoms with E-state index in [4.69, 9.17) is 0 Å². The van der Waals surface area contributed by atoms with Gasteiger partial charge in [-0.2, -0.15) is 9.40 Å². The van der Waals surface area contributed by atoms with Crippen LogP contribution in [0.15, 0.2) is 78.1 Å². The lowest BCUT2D eigenvalue weighted by Gasteiger charge is -2.29. The molecule has 0 aliphatic carbocycles. The highest BCUT2D eigenvalue weighted by molar-refractivity contribution is 7.89. The summed E-state index contributed by atoms with van der Waals surface area (Å²) in [6, 6.07) is 16.5. The minimum absolute atomic E-state index is 0.150. The summed E-state index contributed by atoms with van der Waals surface area (Å²) >= 11 is 0. The molecule has 1 aromatic carbocycles. The smallest absolute Gasteiger partial charge is 0.243 e. The van der Waals surface area contributed by atoms with E-state index < -0.39 is 10.0 Å². The normalized spacial score (nSPS) is 16.1. The highest BCUT2D eigenvalue weighted by Crippen LogP contribution is 2.29. The van der Waals surface area contributed by atoms with Crippen molar-refractivity contribution in [1.29, 1.82) is 0 Å². The third-order valence-electron chi connectivity index (χ3n) is 5.56. The molecule has 0 atom stereocenters. The molecular formula is C22H21N5O2S. The summed E-state index contributed by atoms with van der Waals surface area (Å²) in [6.45, 7) is 0.944. The van der Waals surface area contributed by atoms with Crippen LogP contribution in [0.2, 0.25) is 0 Å². The molecule has 0 saturated carbocycles. The Labute approximate surface area is 175 Å². The van der Waals surface area contributed by atoms with E-state index in [1.807, 2.05) is 36.5 Å². The SMILES string of the molecule is O=S(=O)(c1ccccc1)N1CCC(c2nc3ccc(-c4ccncc4)cn3n2)CC1. The van der Waals surface area contributed by atoms with Gasteiger partial charge in [-0.25, -0.2) is 17.9 Å². The largest absolute Gasteiger partial charge is 0.265 e. The maximum Gasteiger partial charge on any atom is 0.243 e. The zero-order valence-corrected chi connectivity index (χ0v) is 17.1. The maximum absolute atomic E-state index is 12.8. The van der Waals surface area contributed by atoms with E-state index in [2.05, 4.69) is 15.1 Å². The van der Waals surface area contributed by atoms with Crippen molar-refractivity contribution in [3.8, 4) is 11.1 Å². The van der Waals surface area contributed by atoms with Crippen molar-refractivity contribution in [3.63, 3.8) is 0 Å². The third-order valence-corrected chi connectivity index (χ3v) is 7.47. The molecule has 0 radical (unpaired) electrons. The van der Waals surface area contributed by atoms with Crippen LogP contribution in [0.25, 0.3) is 16.8 Å². The van der Waals surface area contributed by atoms with Gasteiger partial charge in [-0.3, -0.25) is 4.98 Å². The number of fused-ring (bicyclic) bond motifs is 1. The number of nitrogens with zero attached hydrogens (tertiary/aromatic N) is 5. The van der Waals surface area contributed by atoms with Gasteiger partial charge in [-0.1, -0.05) is 18.2 Å². The first-order valence-corrected chi connectivity index (χ1v) is 11.4. The Morgan fingerprint density at radius 1 is 0.867 bits per heavy atom. The third kappa shape index (κ3) is 3.48. The fourth-order valence-corrected chi connectivity index (χ4v) is 5.37. The van der Waals surface area contributed by atoms with Crippen LogP contribution in [-0.2, 0) is 10.0 Å². The summed E-state index contributed by atoms with van der Waals surface area (Å²) in [5.74, 6) is 0.926. The first kappa shape index (κ1) is 18.9. The van der Waals surface area contributed by atoms with E-state index in [0.29, 0.717) is 30.8 Å². The van der Waals surface area contributed by atoms with Gasteiger partial charge >= 0.3 is 0 Å². The zero-order valence-electron chi connectivity index (χ0n) is 16.3. The van der Waals surface area contributed by atoms with Crippen molar-refractivity contribution in [2.24, 2.45) is 0 Å². The molecule has 7 nitrogen and oxygen atoms in total. The van der Waals surface area contributed by atoms with Crippen LogP contribution in [0.1, 0.15) is 24.6 Å². The van der Waals surface area contributed by atoms with Gasteiger partial charge in [-0.15, -0.1) is 0 Å². The number of sulfonamides is 1. The quantitative estimate of drug-likeness (QED) is 0.507. The van der Waals surface area contributed by atoms with E-state index >= 15 is 0 Å². The molecule has 30 heavy (non-hydrogen) atoms. The van der Waals surface area contributed by atoms with Gasteiger partial charge in [0, 0.05) is 43.2 Å². The van der Waals surface area contributed by atoms with Crippen LogP contribution in [0.3, 0.4) is 0 Å². The molecule has 3 aromatic heterocycles. The number of benzene rings is 1. The van der Waals surface area contributed by atoms with Crippen molar-refractivity contribution in [3.05, 3.63) is 79.0 Å². The number of hydrogen-bond acceptors (Lipinski definition) is 5. The summed E-state index contributed by atoms with van der Waals surface area (Å²) < 4.78 is 29.0. The molecule has 8 heteroatoms. The van der Waals surface area contributed by atoms with Crippen LogP contribution in [0.4, 0.5) is 0 Å². The van der Waals surface area contributed by atoms with Crippen LogP contribution in [0, 0.1) is 0 Å². The highest BCUT2D eigenvalue weighted by Gasteiger charge is 2.31. The maximum atomic E-state index is 12.8. The molecule has 0 amide bonds. The number of rotatable bonds is 4.